The zero-order valence-corrected chi connectivity index (χ0v) is 27.7. The maximum absolute atomic E-state index is 11.9. The number of unbranched alkanes of at least 4 members (excludes halogenated alkanes) is 3. The number of hydrogen-bond acceptors (Lipinski definition) is 6. The van der Waals surface area contributed by atoms with Crippen molar-refractivity contribution in [3.05, 3.63) is 95.7 Å². The van der Waals surface area contributed by atoms with E-state index >= 15 is 0 Å². The third-order valence-electron chi connectivity index (χ3n) is 8.18. The van der Waals surface area contributed by atoms with Crippen LogP contribution in [0.3, 0.4) is 0 Å². The number of carbonyl (C=O) groups is 1. The first-order valence-electron chi connectivity index (χ1n) is 15.2. The maximum Gasteiger partial charge on any atom is 0.303 e. The highest BCUT2D eigenvalue weighted by Gasteiger charge is 2.44. The molecule has 2 aromatic carbocycles. The van der Waals surface area contributed by atoms with Gasteiger partial charge < -0.3 is 10.0 Å². The number of carboxylic acids is 1. The maximum atomic E-state index is 11.9. The lowest BCUT2D eigenvalue weighted by Crippen LogP contribution is -2.28. The Labute approximate surface area is 271 Å². The lowest BCUT2D eigenvalue weighted by Gasteiger charge is -2.30. The average molecular weight is 670 g/mol. The molecule has 0 unspecified atom stereocenters. The Kier molecular flexibility index (Phi) is 11.2. The van der Waals surface area contributed by atoms with Gasteiger partial charge in [0.2, 0.25) is 5.69 Å². The molecule has 0 aromatic heterocycles. The normalized spacial score (nSPS) is 17.0. The van der Waals surface area contributed by atoms with Gasteiger partial charge in [-0.2, -0.15) is 21.4 Å². The van der Waals surface area contributed by atoms with Gasteiger partial charge in [-0.25, -0.2) is 0 Å². The number of fused-ring (bicyclic) bond motifs is 2. The number of para-hydroxylation sites is 1. The van der Waals surface area contributed by atoms with Crippen LogP contribution in [0.2, 0.25) is 0 Å². The third kappa shape index (κ3) is 8.91. The second-order valence-corrected chi connectivity index (χ2v) is 14.9. The molecule has 246 valence electrons. The molecule has 0 fully saturated rings. The molecule has 0 aliphatic carbocycles. The van der Waals surface area contributed by atoms with Gasteiger partial charge in [0.05, 0.1) is 16.1 Å². The van der Waals surface area contributed by atoms with Crippen molar-refractivity contribution in [1.29, 1.82) is 0 Å². The number of aliphatic carboxylic acids is 1. The molecule has 0 saturated heterocycles. The molecule has 2 aliphatic rings. The molecular weight excluding hydrogens is 629 g/mol. The molecule has 2 aliphatic heterocycles. The van der Waals surface area contributed by atoms with Crippen LogP contribution in [0, 0.1) is 0 Å². The molecule has 4 rings (SSSR count). The minimum atomic E-state index is -4.38. The summed E-state index contributed by atoms with van der Waals surface area (Å²) in [5.74, 6) is -1.10. The van der Waals surface area contributed by atoms with Crippen LogP contribution in [0.5, 0.6) is 0 Å². The van der Waals surface area contributed by atoms with E-state index in [1.54, 1.807) is 6.07 Å². The largest absolute Gasteiger partial charge is 0.481 e. The molecule has 0 atom stereocenters. The van der Waals surface area contributed by atoms with Crippen LogP contribution in [-0.4, -0.2) is 66.1 Å². The van der Waals surface area contributed by atoms with Crippen LogP contribution in [0.1, 0.15) is 63.5 Å². The van der Waals surface area contributed by atoms with E-state index in [1.165, 1.54) is 12.1 Å². The lowest BCUT2D eigenvalue weighted by molar-refractivity contribution is -0.438. The third-order valence-corrected chi connectivity index (χ3v) is 9.84. The average Bonchev–Trinajstić information content (AvgIpc) is 3.19. The molecule has 0 amide bonds. The summed E-state index contributed by atoms with van der Waals surface area (Å²) in [6, 6.07) is 12.6. The minimum absolute atomic E-state index is 0.110. The van der Waals surface area contributed by atoms with Gasteiger partial charge in [-0.05, 0) is 75.4 Å². The first kappa shape index (κ1) is 35.0. The van der Waals surface area contributed by atoms with E-state index in [-0.39, 0.29) is 17.1 Å². The van der Waals surface area contributed by atoms with E-state index in [4.69, 9.17) is 9.66 Å². The summed E-state index contributed by atoms with van der Waals surface area (Å²) in [6.07, 6.45) is 16.8. The van der Waals surface area contributed by atoms with Crippen LogP contribution in [0.4, 0.5) is 11.4 Å². The molecule has 46 heavy (non-hydrogen) atoms. The van der Waals surface area contributed by atoms with Gasteiger partial charge in [0.25, 0.3) is 20.2 Å². The molecule has 2 heterocycles. The van der Waals surface area contributed by atoms with Gasteiger partial charge in [-0.3, -0.25) is 13.9 Å². The number of hydrogen-bond donors (Lipinski definition) is 3. The van der Waals surface area contributed by atoms with Crippen molar-refractivity contribution in [2.45, 2.75) is 62.7 Å². The summed E-state index contributed by atoms with van der Waals surface area (Å²) in [5, 5.41) is 8.98. The SMILES string of the molecule is CC1(C)C(/C=C/C=C/C=C2\C=Cc3ccccc3N2CCCCS(=O)(=O)O)=[N+](CCCCCC(=O)O)c2ccc(S(=O)(=O)O)cc21. The predicted octanol–water partition coefficient (Wildman–Crippen LogP) is 6.15. The molecule has 10 nitrogen and oxygen atoms in total. The highest BCUT2D eigenvalue weighted by Crippen LogP contribution is 2.41. The fourth-order valence-corrected chi connectivity index (χ4v) is 6.95. The molecule has 3 N–H and O–H groups in total. The van der Waals surface area contributed by atoms with Gasteiger partial charge in [-0.15, -0.1) is 0 Å². The Morgan fingerprint density at radius 2 is 1.67 bits per heavy atom. The molecular formula is C34H41N2O8S2+. The van der Waals surface area contributed by atoms with Crippen molar-refractivity contribution in [1.82, 2.24) is 0 Å². The van der Waals surface area contributed by atoms with E-state index < -0.39 is 31.6 Å². The summed E-state index contributed by atoms with van der Waals surface area (Å²) in [5.41, 5.74) is 4.98. The van der Waals surface area contributed by atoms with Crippen molar-refractivity contribution < 1.29 is 40.4 Å². The summed E-state index contributed by atoms with van der Waals surface area (Å²) >= 11 is 0. The Hall–Kier alpha value is -3.84. The Balaban J connectivity index is 1.57. The smallest absolute Gasteiger partial charge is 0.303 e. The van der Waals surface area contributed by atoms with Crippen molar-refractivity contribution in [3.63, 3.8) is 0 Å². The van der Waals surface area contributed by atoms with Crippen LogP contribution >= 0.6 is 0 Å². The van der Waals surface area contributed by atoms with Gasteiger partial charge in [0, 0.05) is 48.5 Å². The van der Waals surface area contributed by atoms with E-state index in [0.29, 0.717) is 32.4 Å². The summed E-state index contributed by atoms with van der Waals surface area (Å²) in [7, 11) is -8.39. The standard InChI is InChI=1S/C34H40N2O8S2/c1-34(2)29-25-28(46(42,43)44)20-21-31(29)36(23-10-4-7-17-33(37)38)32(34)16-6-3-5-14-27-19-18-26-13-8-9-15-30(26)35(27)22-11-12-24-45(39,40)41/h3,5-6,8-9,13-16,18-21,25H,4,7,10-12,17,22-24H2,1-2H3,(H2-,37,38,39,40,41,42,43,44)/p+1. The molecule has 0 bridgehead atoms. The van der Waals surface area contributed by atoms with Gasteiger partial charge in [-0.1, -0.05) is 42.5 Å². The molecule has 0 radical (unpaired) electrons. The van der Waals surface area contributed by atoms with Gasteiger partial charge in [0.15, 0.2) is 5.71 Å². The number of carboxylic acid groups (broad SMARTS) is 1. The fraction of sp³-hybridized carbons (Fsp3) is 0.353. The summed E-state index contributed by atoms with van der Waals surface area (Å²) < 4.78 is 67.0. The Morgan fingerprint density at radius 1 is 0.913 bits per heavy atom. The number of anilines is 1. The summed E-state index contributed by atoms with van der Waals surface area (Å²) in [6.45, 7) is 5.19. The Bertz CT molecular complexity index is 1840. The Morgan fingerprint density at radius 3 is 2.39 bits per heavy atom. The zero-order chi connectivity index (χ0) is 33.5. The molecule has 0 saturated carbocycles. The van der Waals surface area contributed by atoms with Crippen molar-refractivity contribution >= 4 is 49.4 Å². The van der Waals surface area contributed by atoms with E-state index in [9.17, 15) is 26.2 Å². The molecule has 12 heteroatoms. The number of rotatable bonds is 15. The summed E-state index contributed by atoms with van der Waals surface area (Å²) in [4.78, 5) is 12.9. The van der Waals surface area contributed by atoms with Crippen LogP contribution in [-0.2, 0) is 30.4 Å². The number of benzene rings is 2. The number of allylic oxidation sites excluding steroid dienone is 6. The van der Waals surface area contributed by atoms with Crippen molar-refractivity contribution in [3.8, 4) is 0 Å². The van der Waals surface area contributed by atoms with E-state index in [1.807, 2.05) is 80.6 Å². The quantitative estimate of drug-likeness (QED) is 0.0877. The van der Waals surface area contributed by atoms with Crippen molar-refractivity contribution in [2.75, 3.05) is 23.7 Å². The van der Waals surface area contributed by atoms with Crippen molar-refractivity contribution in [2.24, 2.45) is 0 Å². The lowest BCUT2D eigenvalue weighted by atomic mass is 9.81. The molecule has 2 aromatic rings. The highest BCUT2D eigenvalue weighted by atomic mass is 32.2. The van der Waals surface area contributed by atoms with Crippen LogP contribution in [0.15, 0.2) is 89.5 Å². The zero-order valence-electron chi connectivity index (χ0n) is 26.0. The van der Waals surface area contributed by atoms with E-state index in [0.717, 1.165) is 46.8 Å². The van der Waals surface area contributed by atoms with Gasteiger partial charge in [0.1, 0.15) is 6.54 Å². The monoisotopic (exact) mass is 669 g/mol. The van der Waals surface area contributed by atoms with Crippen LogP contribution < -0.4 is 4.90 Å². The van der Waals surface area contributed by atoms with Gasteiger partial charge >= 0.3 is 5.97 Å². The minimum Gasteiger partial charge on any atom is -0.481 e. The molecule has 0 spiro atoms. The fourth-order valence-electron chi connectivity index (χ4n) is 5.87. The first-order chi connectivity index (χ1) is 21.7. The number of nitrogens with zero attached hydrogens (tertiary/aromatic N) is 2. The first-order valence-corrected chi connectivity index (χ1v) is 18.3. The second kappa shape index (κ2) is 14.7. The topological polar surface area (TPSA) is 152 Å². The highest BCUT2D eigenvalue weighted by molar-refractivity contribution is 7.86. The van der Waals surface area contributed by atoms with Crippen LogP contribution in [0.25, 0.3) is 6.08 Å². The second-order valence-electron chi connectivity index (χ2n) is 11.9. The van der Waals surface area contributed by atoms with E-state index in [2.05, 4.69) is 9.48 Å². The predicted molar refractivity (Wildman–Crippen MR) is 180 cm³/mol.